The molecule has 0 radical (unpaired) electrons. The number of carbonyl (C=O) groups is 1. The van der Waals surface area contributed by atoms with Crippen molar-refractivity contribution in [3.63, 3.8) is 0 Å². The summed E-state index contributed by atoms with van der Waals surface area (Å²) in [5.41, 5.74) is 2.80. The first kappa shape index (κ1) is 18.9. The minimum atomic E-state index is -0.0305. The van der Waals surface area contributed by atoms with Crippen molar-refractivity contribution in [3.05, 3.63) is 76.9 Å². The highest BCUT2D eigenvalue weighted by atomic mass is 35.5. The maximum Gasteiger partial charge on any atom is 0.251 e. The minimum Gasteiger partial charge on any atom is -0.352 e. The van der Waals surface area contributed by atoms with E-state index < -0.39 is 0 Å². The third kappa shape index (κ3) is 4.70. The van der Waals surface area contributed by atoms with Gasteiger partial charge in [0.25, 0.3) is 5.91 Å². The standard InChI is InChI=1S/C23H24ClN3O/c24-22-11-9-19-13-20(8-10-21(19)26-22)23(28)25-14-18-7-4-12-27(16-18)15-17-5-2-1-3-6-17/h1-3,5-6,8-11,13,18H,4,7,12,14-16H2,(H,25,28). The lowest BCUT2D eigenvalue weighted by Gasteiger charge is -2.32. The lowest BCUT2D eigenvalue weighted by atomic mass is 9.97. The Balaban J connectivity index is 1.33. The molecular formula is C23H24ClN3O. The first-order valence-corrected chi connectivity index (χ1v) is 10.2. The van der Waals surface area contributed by atoms with Crippen LogP contribution in [0.3, 0.4) is 0 Å². The summed E-state index contributed by atoms with van der Waals surface area (Å²) in [6.45, 7) is 3.83. The summed E-state index contributed by atoms with van der Waals surface area (Å²) < 4.78 is 0. The fourth-order valence-electron chi connectivity index (χ4n) is 3.88. The number of fused-ring (bicyclic) bond motifs is 1. The number of halogens is 1. The van der Waals surface area contributed by atoms with Crippen LogP contribution in [0.15, 0.2) is 60.7 Å². The minimum absolute atomic E-state index is 0.0305. The Morgan fingerprint density at radius 3 is 2.86 bits per heavy atom. The van der Waals surface area contributed by atoms with Crippen molar-refractivity contribution in [2.24, 2.45) is 5.92 Å². The van der Waals surface area contributed by atoms with Crippen LogP contribution in [-0.2, 0) is 6.54 Å². The van der Waals surface area contributed by atoms with Gasteiger partial charge in [-0.15, -0.1) is 0 Å². The molecule has 144 valence electrons. The molecule has 28 heavy (non-hydrogen) atoms. The molecule has 1 aromatic heterocycles. The number of rotatable bonds is 5. The van der Waals surface area contributed by atoms with Gasteiger partial charge in [0, 0.05) is 30.6 Å². The smallest absolute Gasteiger partial charge is 0.251 e. The van der Waals surface area contributed by atoms with E-state index >= 15 is 0 Å². The Labute approximate surface area is 170 Å². The predicted octanol–water partition coefficient (Wildman–Crippen LogP) is 4.53. The zero-order valence-electron chi connectivity index (χ0n) is 15.8. The van der Waals surface area contributed by atoms with Crippen molar-refractivity contribution in [2.75, 3.05) is 19.6 Å². The van der Waals surface area contributed by atoms with Crippen LogP contribution in [-0.4, -0.2) is 35.4 Å². The lowest BCUT2D eigenvalue weighted by Crippen LogP contribution is -2.40. The summed E-state index contributed by atoms with van der Waals surface area (Å²) in [4.78, 5) is 19.4. The number of nitrogens with zero attached hydrogens (tertiary/aromatic N) is 2. The van der Waals surface area contributed by atoms with Crippen molar-refractivity contribution in [1.29, 1.82) is 0 Å². The number of benzene rings is 2. The molecule has 2 heterocycles. The van der Waals surface area contributed by atoms with E-state index in [-0.39, 0.29) is 5.91 Å². The average molecular weight is 394 g/mol. The van der Waals surface area contributed by atoms with Gasteiger partial charge in [-0.05, 0) is 61.2 Å². The number of amides is 1. The summed E-state index contributed by atoms with van der Waals surface area (Å²) in [5, 5.41) is 4.50. The van der Waals surface area contributed by atoms with E-state index in [2.05, 4.69) is 45.5 Å². The zero-order chi connectivity index (χ0) is 19.3. The normalized spacial score (nSPS) is 17.5. The highest BCUT2D eigenvalue weighted by Gasteiger charge is 2.20. The molecule has 0 bridgehead atoms. The van der Waals surface area contributed by atoms with Crippen LogP contribution in [0.4, 0.5) is 0 Å². The van der Waals surface area contributed by atoms with Gasteiger partial charge in [-0.3, -0.25) is 9.69 Å². The van der Waals surface area contributed by atoms with E-state index in [0.717, 1.165) is 37.0 Å². The number of piperidine rings is 1. The van der Waals surface area contributed by atoms with Crippen LogP contribution in [0.25, 0.3) is 10.9 Å². The van der Waals surface area contributed by atoms with Crippen LogP contribution in [0, 0.1) is 5.92 Å². The van der Waals surface area contributed by atoms with E-state index in [1.807, 2.05) is 24.3 Å². The van der Waals surface area contributed by atoms with E-state index in [9.17, 15) is 4.79 Å². The summed E-state index contributed by atoms with van der Waals surface area (Å²) in [5.74, 6) is 0.458. The first-order chi connectivity index (χ1) is 13.7. The number of pyridine rings is 1. The zero-order valence-corrected chi connectivity index (χ0v) is 16.5. The molecular weight excluding hydrogens is 370 g/mol. The predicted molar refractivity (Wildman–Crippen MR) is 114 cm³/mol. The Morgan fingerprint density at radius 2 is 2.00 bits per heavy atom. The van der Waals surface area contributed by atoms with Crippen LogP contribution in [0.2, 0.25) is 5.15 Å². The monoisotopic (exact) mass is 393 g/mol. The maximum atomic E-state index is 12.6. The lowest BCUT2D eigenvalue weighted by molar-refractivity contribution is 0.0930. The highest BCUT2D eigenvalue weighted by molar-refractivity contribution is 6.29. The Morgan fingerprint density at radius 1 is 1.14 bits per heavy atom. The van der Waals surface area contributed by atoms with Gasteiger partial charge in [-0.25, -0.2) is 4.98 Å². The second kappa shape index (κ2) is 8.72. The van der Waals surface area contributed by atoms with Gasteiger partial charge in [-0.1, -0.05) is 41.9 Å². The molecule has 4 nitrogen and oxygen atoms in total. The van der Waals surface area contributed by atoms with E-state index in [4.69, 9.17) is 11.6 Å². The molecule has 1 aliphatic heterocycles. The van der Waals surface area contributed by atoms with Crippen LogP contribution < -0.4 is 5.32 Å². The number of carbonyl (C=O) groups excluding carboxylic acids is 1. The molecule has 1 amide bonds. The summed E-state index contributed by atoms with van der Waals surface area (Å²) in [6.07, 6.45) is 2.33. The molecule has 1 saturated heterocycles. The summed E-state index contributed by atoms with van der Waals surface area (Å²) >= 11 is 5.93. The fourth-order valence-corrected chi connectivity index (χ4v) is 4.04. The fraction of sp³-hybridized carbons (Fsp3) is 0.304. The molecule has 3 aromatic rings. The molecule has 1 fully saturated rings. The van der Waals surface area contributed by atoms with Gasteiger partial charge in [0.1, 0.15) is 5.15 Å². The van der Waals surface area contributed by atoms with E-state index in [1.165, 1.54) is 12.0 Å². The maximum absolute atomic E-state index is 12.6. The van der Waals surface area contributed by atoms with Crippen molar-refractivity contribution in [3.8, 4) is 0 Å². The van der Waals surface area contributed by atoms with E-state index in [0.29, 0.717) is 23.2 Å². The molecule has 0 saturated carbocycles. The SMILES string of the molecule is O=C(NCC1CCCN(Cc2ccccc2)C1)c1ccc2nc(Cl)ccc2c1. The molecule has 2 aromatic carbocycles. The van der Waals surface area contributed by atoms with Gasteiger partial charge in [0.15, 0.2) is 0 Å². The van der Waals surface area contributed by atoms with Crippen molar-refractivity contribution >= 4 is 28.4 Å². The van der Waals surface area contributed by atoms with Gasteiger partial charge >= 0.3 is 0 Å². The Kier molecular flexibility index (Phi) is 5.89. The van der Waals surface area contributed by atoms with Crippen LogP contribution in [0.5, 0.6) is 0 Å². The molecule has 0 spiro atoms. The molecule has 1 N–H and O–H groups in total. The molecule has 1 atom stereocenters. The molecule has 1 unspecified atom stereocenters. The largest absolute Gasteiger partial charge is 0.352 e. The number of aromatic nitrogens is 1. The first-order valence-electron chi connectivity index (χ1n) is 9.78. The molecule has 4 rings (SSSR count). The average Bonchev–Trinajstić information content (AvgIpc) is 2.72. The Bertz CT molecular complexity index is 960. The molecule has 1 aliphatic rings. The summed E-state index contributed by atoms with van der Waals surface area (Å²) in [6, 6.07) is 19.7. The van der Waals surface area contributed by atoms with Crippen molar-refractivity contribution < 1.29 is 4.79 Å². The number of nitrogens with one attached hydrogen (secondary N) is 1. The van der Waals surface area contributed by atoms with Crippen molar-refractivity contribution in [2.45, 2.75) is 19.4 Å². The second-order valence-electron chi connectivity index (χ2n) is 7.48. The molecule has 5 heteroatoms. The Hall–Kier alpha value is -2.43. The van der Waals surface area contributed by atoms with Crippen LogP contribution >= 0.6 is 11.6 Å². The van der Waals surface area contributed by atoms with Gasteiger partial charge < -0.3 is 5.32 Å². The van der Waals surface area contributed by atoms with E-state index in [1.54, 1.807) is 6.07 Å². The van der Waals surface area contributed by atoms with Crippen LogP contribution in [0.1, 0.15) is 28.8 Å². The number of hydrogen-bond acceptors (Lipinski definition) is 3. The highest BCUT2D eigenvalue weighted by Crippen LogP contribution is 2.19. The van der Waals surface area contributed by atoms with Crippen molar-refractivity contribution in [1.82, 2.24) is 15.2 Å². The number of likely N-dealkylation sites (tertiary alicyclic amines) is 1. The quantitative estimate of drug-likeness (QED) is 0.648. The summed E-state index contributed by atoms with van der Waals surface area (Å²) in [7, 11) is 0. The molecule has 0 aliphatic carbocycles. The van der Waals surface area contributed by atoms with Gasteiger partial charge in [0.2, 0.25) is 0 Å². The second-order valence-corrected chi connectivity index (χ2v) is 7.87. The number of hydrogen-bond donors (Lipinski definition) is 1. The topological polar surface area (TPSA) is 45.2 Å². The third-order valence-corrected chi connectivity index (χ3v) is 5.53. The van der Waals surface area contributed by atoms with Gasteiger partial charge in [0.05, 0.1) is 5.52 Å². The third-order valence-electron chi connectivity index (χ3n) is 5.32. The van der Waals surface area contributed by atoms with Gasteiger partial charge in [-0.2, -0.15) is 0 Å².